The molecular weight excluding hydrogens is 366 g/mol. The van der Waals surface area contributed by atoms with E-state index < -0.39 is 0 Å². The fraction of sp³-hybridized carbons (Fsp3) is 0.227. The molecule has 4 aromatic rings. The first-order chi connectivity index (χ1) is 14.1. The highest BCUT2D eigenvalue weighted by atomic mass is 16.5. The molecule has 7 heteroatoms. The van der Waals surface area contributed by atoms with Crippen LogP contribution in [0.2, 0.25) is 0 Å². The molecule has 0 spiro atoms. The van der Waals surface area contributed by atoms with Gasteiger partial charge < -0.3 is 14.2 Å². The van der Waals surface area contributed by atoms with Gasteiger partial charge in [-0.1, -0.05) is 30.3 Å². The summed E-state index contributed by atoms with van der Waals surface area (Å²) in [7, 11) is 3.66. The van der Waals surface area contributed by atoms with Gasteiger partial charge in [0.05, 0.1) is 17.2 Å². The molecule has 0 aliphatic carbocycles. The zero-order valence-electron chi connectivity index (χ0n) is 16.5. The maximum absolute atomic E-state index is 12.9. The largest absolute Gasteiger partial charge is 0.486 e. The fourth-order valence-electron chi connectivity index (χ4n) is 3.25. The quantitative estimate of drug-likeness (QED) is 0.487. The van der Waals surface area contributed by atoms with Gasteiger partial charge in [0.25, 0.3) is 0 Å². The van der Waals surface area contributed by atoms with Crippen molar-refractivity contribution in [1.29, 1.82) is 0 Å². The third-order valence-electron chi connectivity index (χ3n) is 4.74. The van der Waals surface area contributed by atoms with Crippen LogP contribution in [0.5, 0.6) is 5.75 Å². The van der Waals surface area contributed by atoms with Crippen LogP contribution in [0.4, 0.5) is 0 Å². The molecule has 0 atom stereocenters. The number of aromatic nitrogens is 4. The minimum Gasteiger partial charge on any atom is -0.486 e. The molecule has 0 bridgehead atoms. The topological polar surface area (TPSA) is 65.2 Å². The molecule has 2 heterocycles. The molecule has 0 aliphatic heterocycles. The highest BCUT2D eigenvalue weighted by Crippen LogP contribution is 2.19. The van der Waals surface area contributed by atoms with E-state index in [-0.39, 0.29) is 19.1 Å². The molecule has 29 heavy (non-hydrogen) atoms. The van der Waals surface area contributed by atoms with E-state index in [9.17, 15) is 4.79 Å². The molecule has 0 fully saturated rings. The predicted molar refractivity (Wildman–Crippen MR) is 110 cm³/mol. The van der Waals surface area contributed by atoms with Crippen LogP contribution in [0.25, 0.3) is 11.0 Å². The molecule has 148 valence electrons. The molecule has 0 saturated carbocycles. The molecular formula is C22H23N5O2. The molecule has 2 aromatic heterocycles. The van der Waals surface area contributed by atoms with Gasteiger partial charge in [0.15, 0.2) is 0 Å². The number of aryl methyl sites for hydroxylation is 1. The number of para-hydroxylation sites is 3. The summed E-state index contributed by atoms with van der Waals surface area (Å²) in [4.78, 5) is 19.3. The van der Waals surface area contributed by atoms with E-state index in [1.807, 2.05) is 72.4 Å². The summed E-state index contributed by atoms with van der Waals surface area (Å²) in [6, 6.07) is 17.4. The van der Waals surface area contributed by atoms with Gasteiger partial charge in [0.1, 0.15) is 24.7 Å². The smallest absolute Gasteiger partial charge is 0.242 e. The van der Waals surface area contributed by atoms with E-state index in [2.05, 4.69) is 10.1 Å². The summed E-state index contributed by atoms with van der Waals surface area (Å²) < 4.78 is 9.55. The lowest BCUT2D eigenvalue weighted by molar-refractivity contribution is -0.131. The highest BCUT2D eigenvalue weighted by molar-refractivity contribution is 5.81. The first kappa shape index (κ1) is 18.7. The average molecular weight is 389 g/mol. The average Bonchev–Trinajstić information content (AvgIpc) is 3.30. The van der Waals surface area contributed by atoms with Crippen LogP contribution >= 0.6 is 0 Å². The van der Waals surface area contributed by atoms with E-state index in [0.717, 1.165) is 28.2 Å². The Bertz CT molecular complexity index is 1120. The van der Waals surface area contributed by atoms with Crippen molar-refractivity contribution in [3.63, 3.8) is 0 Å². The zero-order chi connectivity index (χ0) is 20.2. The summed E-state index contributed by atoms with van der Waals surface area (Å²) >= 11 is 0. The Labute approximate surface area is 169 Å². The number of hydrogen-bond donors (Lipinski definition) is 0. The fourth-order valence-corrected chi connectivity index (χ4v) is 3.25. The first-order valence-corrected chi connectivity index (χ1v) is 9.43. The summed E-state index contributed by atoms with van der Waals surface area (Å²) in [5, 5.41) is 4.16. The monoisotopic (exact) mass is 389 g/mol. The van der Waals surface area contributed by atoms with Gasteiger partial charge in [0, 0.05) is 32.4 Å². The van der Waals surface area contributed by atoms with Gasteiger partial charge >= 0.3 is 0 Å². The van der Waals surface area contributed by atoms with Crippen LogP contribution in [0.1, 0.15) is 11.4 Å². The third-order valence-corrected chi connectivity index (χ3v) is 4.74. The van der Waals surface area contributed by atoms with E-state index in [0.29, 0.717) is 6.54 Å². The number of carbonyl (C=O) groups is 1. The highest BCUT2D eigenvalue weighted by Gasteiger charge is 2.17. The van der Waals surface area contributed by atoms with Crippen molar-refractivity contribution in [2.75, 3.05) is 7.05 Å². The zero-order valence-corrected chi connectivity index (χ0v) is 16.5. The van der Waals surface area contributed by atoms with E-state index in [1.54, 1.807) is 22.8 Å². The Balaban J connectivity index is 1.54. The van der Waals surface area contributed by atoms with Crippen LogP contribution in [0.15, 0.2) is 67.0 Å². The van der Waals surface area contributed by atoms with Gasteiger partial charge in [-0.15, -0.1) is 0 Å². The number of benzene rings is 2. The Hall–Kier alpha value is -3.61. The molecule has 0 saturated heterocycles. The number of hydrogen-bond acceptors (Lipinski definition) is 4. The lowest BCUT2D eigenvalue weighted by Crippen LogP contribution is -2.30. The van der Waals surface area contributed by atoms with Crippen molar-refractivity contribution in [2.45, 2.75) is 19.7 Å². The molecule has 0 aliphatic rings. The first-order valence-electron chi connectivity index (χ1n) is 9.43. The van der Waals surface area contributed by atoms with Gasteiger partial charge in [0.2, 0.25) is 5.91 Å². The van der Waals surface area contributed by atoms with Gasteiger partial charge in [-0.2, -0.15) is 5.10 Å². The minimum absolute atomic E-state index is 0.00188. The number of nitrogens with zero attached hydrogens (tertiary/aromatic N) is 5. The van der Waals surface area contributed by atoms with Crippen molar-refractivity contribution in [3.05, 3.63) is 78.4 Å². The SMILES string of the molecule is CN(Cc1cnn(C)c1)C(=O)Cn1c(COc2ccccc2)nc2ccccc21. The van der Waals surface area contributed by atoms with Crippen LogP contribution < -0.4 is 4.74 Å². The molecule has 0 unspecified atom stereocenters. The van der Waals surface area contributed by atoms with Crippen molar-refractivity contribution in [1.82, 2.24) is 24.2 Å². The number of carbonyl (C=O) groups excluding carboxylic acids is 1. The lowest BCUT2D eigenvalue weighted by Gasteiger charge is -2.18. The van der Waals surface area contributed by atoms with E-state index in [4.69, 9.17) is 4.74 Å². The predicted octanol–water partition coefficient (Wildman–Crippen LogP) is 3.01. The van der Waals surface area contributed by atoms with Gasteiger partial charge in [-0.25, -0.2) is 4.98 Å². The molecule has 4 rings (SSSR count). The Morgan fingerprint density at radius 2 is 1.86 bits per heavy atom. The van der Waals surface area contributed by atoms with Crippen molar-refractivity contribution in [3.8, 4) is 5.75 Å². The molecule has 0 N–H and O–H groups in total. The summed E-state index contributed by atoms with van der Waals surface area (Å²) in [6.07, 6.45) is 3.69. The van der Waals surface area contributed by atoms with Crippen molar-refractivity contribution < 1.29 is 9.53 Å². The van der Waals surface area contributed by atoms with E-state index >= 15 is 0 Å². The van der Waals surface area contributed by atoms with Gasteiger partial charge in [-0.05, 0) is 24.3 Å². The van der Waals surface area contributed by atoms with Crippen LogP contribution in [0, 0.1) is 0 Å². The number of amides is 1. The second-order valence-electron chi connectivity index (χ2n) is 6.98. The van der Waals surface area contributed by atoms with Gasteiger partial charge in [-0.3, -0.25) is 9.48 Å². The van der Waals surface area contributed by atoms with Crippen LogP contribution in [-0.2, 0) is 31.5 Å². The minimum atomic E-state index is -0.00188. The third kappa shape index (κ3) is 4.29. The number of likely N-dealkylation sites (N-methyl/N-ethyl adjacent to an activating group) is 1. The Morgan fingerprint density at radius 1 is 1.10 bits per heavy atom. The summed E-state index contributed by atoms with van der Waals surface area (Å²) in [5.74, 6) is 1.49. The lowest BCUT2D eigenvalue weighted by atomic mass is 10.3. The second-order valence-corrected chi connectivity index (χ2v) is 6.98. The number of fused-ring (bicyclic) bond motifs is 1. The molecule has 2 aromatic carbocycles. The summed E-state index contributed by atoms with van der Waals surface area (Å²) in [5.41, 5.74) is 2.76. The second kappa shape index (κ2) is 8.18. The molecule has 1 amide bonds. The number of ether oxygens (including phenoxy) is 1. The van der Waals surface area contributed by atoms with Crippen LogP contribution in [-0.4, -0.2) is 37.2 Å². The standard InChI is InChI=1S/C22H23N5O2/c1-25(13-17-12-23-26(2)14-17)22(28)15-27-20-11-7-6-10-19(20)24-21(27)16-29-18-8-4-3-5-9-18/h3-12,14H,13,15-16H2,1-2H3. The Morgan fingerprint density at radius 3 is 2.62 bits per heavy atom. The number of rotatable bonds is 7. The molecule has 7 nitrogen and oxygen atoms in total. The van der Waals surface area contributed by atoms with Crippen LogP contribution in [0.3, 0.4) is 0 Å². The maximum Gasteiger partial charge on any atom is 0.242 e. The van der Waals surface area contributed by atoms with Crippen molar-refractivity contribution >= 4 is 16.9 Å². The van der Waals surface area contributed by atoms with Crippen molar-refractivity contribution in [2.24, 2.45) is 7.05 Å². The molecule has 0 radical (unpaired) electrons. The number of imidazole rings is 1. The maximum atomic E-state index is 12.9. The normalized spacial score (nSPS) is 11.0. The summed E-state index contributed by atoms with van der Waals surface area (Å²) in [6.45, 7) is 0.998. The van der Waals surface area contributed by atoms with E-state index in [1.165, 1.54) is 0 Å². The Kier molecular flexibility index (Phi) is 5.29.